The highest BCUT2D eigenvalue weighted by atomic mass is 79.9. The van der Waals surface area contributed by atoms with Gasteiger partial charge in [-0.1, -0.05) is 35.9 Å². The van der Waals surface area contributed by atoms with Crippen molar-refractivity contribution in [2.75, 3.05) is 0 Å². The van der Waals surface area contributed by atoms with Gasteiger partial charge in [-0.2, -0.15) is 0 Å². The molecule has 2 aromatic carbocycles. The molecule has 1 atom stereocenters. The van der Waals surface area contributed by atoms with E-state index in [0.29, 0.717) is 10.9 Å². The van der Waals surface area contributed by atoms with E-state index in [-0.39, 0.29) is 0 Å². The van der Waals surface area contributed by atoms with Crippen molar-refractivity contribution in [3.63, 3.8) is 0 Å². The minimum atomic E-state index is 0.318. The molecule has 19 heavy (non-hydrogen) atoms. The van der Waals surface area contributed by atoms with Crippen molar-refractivity contribution in [2.24, 2.45) is 0 Å². The number of benzene rings is 2. The van der Waals surface area contributed by atoms with E-state index in [2.05, 4.69) is 52.3 Å². The smallest absolute Gasteiger partial charge is 0.132 e. The van der Waals surface area contributed by atoms with Crippen molar-refractivity contribution in [2.45, 2.75) is 12.3 Å². The summed E-state index contributed by atoms with van der Waals surface area (Å²) in [6, 6.07) is 12.4. The standard InChI is InChI=1S/C16H10BrClO/c17-13-7-12-11-5-9-3-1-2-4-10(9)6-15(11)19-16(12)8-14(13)18/h1-4,6-8,11H,5H2. The molecule has 1 unspecified atom stereocenters. The first-order chi connectivity index (χ1) is 9.22. The lowest BCUT2D eigenvalue weighted by Crippen LogP contribution is -2.09. The van der Waals surface area contributed by atoms with E-state index in [0.717, 1.165) is 22.4 Å². The molecule has 0 fully saturated rings. The lowest BCUT2D eigenvalue weighted by molar-refractivity contribution is 0.429. The molecule has 2 aromatic rings. The van der Waals surface area contributed by atoms with Gasteiger partial charge in [-0.3, -0.25) is 0 Å². The Bertz CT molecular complexity index is 721. The Balaban J connectivity index is 1.86. The van der Waals surface area contributed by atoms with Crippen LogP contribution in [0.5, 0.6) is 5.75 Å². The molecule has 1 nitrogen and oxygen atoms in total. The van der Waals surface area contributed by atoms with Crippen molar-refractivity contribution >= 4 is 33.6 Å². The molecule has 3 heteroatoms. The van der Waals surface area contributed by atoms with E-state index in [9.17, 15) is 0 Å². The maximum Gasteiger partial charge on any atom is 0.132 e. The van der Waals surface area contributed by atoms with Gasteiger partial charge >= 0.3 is 0 Å². The van der Waals surface area contributed by atoms with Gasteiger partial charge < -0.3 is 4.74 Å². The number of hydrogen-bond donors (Lipinski definition) is 0. The third-order valence-corrected chi connectivity index (χ3v) is 4.97. The number of halogens is 2. The molecule has 94 valence electrons. The van der Waals surface area contributed by atoms with Crippen molar-refractivity contribution in [3.05, 3.63) is 68.3 Å². The second-order valence-corrected chi connectivity index (χ2v) is 6.17. The van der Waals surface area contributed by atoms with Crippen LogP contribution in [-0.2, 0) is 6.42 Å². The summed E-state index contributed by atoms with van der Waals surface area (Å²) < 4.78 is 6.89. The van der Waals surface area contributed by atoms with Crippen LogP contribution in [0.1, 0.15) is 22.6 Å². The van der Waals surface area contributed by atoms with Crippen LogP contribution in [0.3, 0.4) is 0 Å². The Kier molecular flexibility index (Phi) is 2.51. The van der Waals surface area contributed by atoms with E-state index in [1.54, 1.807) is 0 Å². The molecule has 2 aliphatic rings. The summed E-state index contributed by atoms with van der Waals surface area (Å²) in [5.41, 5.74) is 3.85. The first-order valence-corrected chi connectivity index (χ1v) is 7.36. The Morgan fingerprint density at radius 1 is 1.21 bits per heavy atom. The quantitative estimate of drug-likeness (QED) is 0.646. The topological polar surface area (TPSA) is 9.23 Å². The number of allylic oxidation sites excluding steroid dienone is 1. The zero-order valence-electron chi connectivity index (χ0n) is 9.99. The third kappa shape index (κ3) is 1.74. The summed E-state index contributed by atoms with van der Waals surface area (Å²) in [5, 5.41) is 0.690. The van der Waals surface area contributed by atoms with Gasteiger partial charge in [0.1, 0.15) is 11.5 Å². The molecular weight excluding hydrogens is 324 g/mol. The van der Waals surface area contributed by atoms with Crippen LogP contribution in [0.15, 0.2) is 46.6 Å². The predicted molar refractivity (Wildman–Crippen MR) is 80.6 cm³/mol. The van der Waals surface area contributed by atoms with Gasteiger partial charge in [-0.25, -0.2) is 0 Å². The highest BCUT2D eigenvalue weighted by molar-refractivity contribution is 9.10. The van der Waals surface area contributed by atoms with Crippen molar-refractivity contribution in [1.29, 1.82) is 0 Å². The van der Waals surface area contributed by atoms with Gasteiger partial charge in [0.05, 0.1) is 5.02 Å². The van der Waals surface area contributed by atoms with Crippen molar-refractivity contribution < 1.29 is 4.74 Å². The Labute approximate surface area is 125 Å². The first kappa shape index (κ1) is 11.6. The Morgan fingerprint density at radius 2 is 2.05 bits per heavy atom. The molecular formula is C16H10BrClO. The SMILES string of the molecule is Clc1cc2c(cc1Br)C1Cc3ccccc3C=C1O2. The van der Waals surface area contributed by atoms with Gasteiger partial charge in [-0.05, 0) is 45.6 Å². The highest BCUT2D eigenvalue weighted by Gasteiger charge is 2.33. The van der Waals surface area contributed by atoms with Gasteiger partial charge in [0.25, 0.3) is 0 Å². The highest BCUT2D eigenvalue weighted by Crippen LogP contribution is 2.48. The number of rotatable bonds is 0. The molecule has 0 spiro atoms. The number of hydrogen-bond acceptors (Lipinski definition) is 1. The maximum atomic E-state index is 6.13. The summed E-state index contributed by atoms with van der Waals surface area (Å²) in [5.74, 6) is 2.23. The molecule has 1 heterocycles. The van der Waals surface area contributed by atoms with Crippen LogP contribution in [0.25, 0.3) is 6.08 Å². The summed E-state index contributed by atoms with van der Waals surface area (Å²) in [6.45, 7) is 0. The van der Waals surface area contributed by atoms with Gasteiger partial charge in [0.15, 0.2) is 0 Å². The predicted octanol–water partition coefficient (Wildman–Crippen LogP) is 5.18. The van der Waals surface area contributed by atoms with Crippen molar-refractivity contribution in [3.8, 4) is 5.75 Å². The minimum absolute atomic E-state index is 0.318. The molecule has 1 aliphatic heterocycles. The maximum absolute atomic E-state index is 6.13. The largest absolute Gasteiger partial charge is 0.461 e. The first-order valence-electron chi connectivity index (χ1n) is 6.18. The average molecular weight is 334 g/mol. The minimum Gasteiger partial charge on any atom is -0.461 e. The average Bonchev–Trinajstić information content (AvgIpc) is 2.74. The lowest BCUT2D eigenvalue weighted by atomic mass is 9.85. The summed E-state index contributed by atoms with van der Waals surface area (Å²) >= 11 is 9.62. The van der Waals surface area contributed by atoms with Gasteiger partial charge in [-0.15, -0.1) is 0 Å². The van der Waals surface area contributed by atoms with Crippen LogP contribution in [0.4, 0.5) is 0 Å². The molecule has 1 aliphatic carbocycles. The fraction of sp³-hybridized carbons (Fsp3) is 0.125. The second kappa shape index (κ2) is 4.12. The van der Waals surface area contributed by atoms with Gasteiger partial charge in [0.2, 0.25) is 0 Å². The monoisotopic (exact) mass is 332 g/mol. The van der Waals surface area contributed by atoms with Crippen LogP contribution in [-0.4, -0.2) is 0 Å². The van der Waals surface area contributed by atoms with Crippen LogP contribution >= 0.6 is 27.5 Å². The molecule has 0 saturated heterocycles. The van der Waals surface area contributed by atoms with Crippen LogP contribution in [0, 0.1) is 0 Å². The third-order valence-electron chi connectivity index (χ3n) is 3.78. The summed E-state index contributed by atoms with van der Waals surface area (Å²) in [6.07, 6.45) is 3.13. The fourth-order valence-electron chi connectivity index (χ4n) is 2.83. The van der Waals surface area contributed by atoms with Gasteiger partial charge in [0, 0.05) is 22.0 Å². The zero-order chi connectivity index (χ0) is 13.0. The summed E-state index contributed by atoms with van der Waals surface area (Å²) in [7, 11) is 0. The van der Waals surface area contributed by atoms with Crippen LogP contribution in [0.2, 0.25) is 5.02 Å². The summed E-state index contributed by atoms with van der Waals surface area (Å²) in [4.78, 5) is 0. The van der Waals surface area contributed by atoms with E-state index in [1.807, 2.05) is 6.07 Å². The Morgan fingerprint density at radius 3 is 2.95 bits per heavy atom. The van der Waals surface area contributed by atoms with Crippen LogP contribution < -0.4 is 4.74 Å². The number of fused-ring (bicyclic) bond motifs is 4. The molecule has 0 radical (unpaired) electrons. The normalized spacial score (nSPS) is 19.1. The molecule has 0 aromatic heterocycles. The zero-order valence-corrected chi connectivity index (χ0v) is 12.3. The van der Waals surface area contributed by atoms with E-state index in [4.69, 9.17) is 16.3 Å². The van der Waals surface area contributed by atoms with E-state index < -0.39 is 0 Å². The molecule has 0 saturated carbocycles. The molecule has 0 bridgehead atoms. The lowest BCUT2D eigenvalue weighted by Gasteiger charge is -2.18. The fourth-order valence-corrected chi connectivity index (χ4v) is 3.35. The molecule has 4 rings (SSSR count). The van der Waals surface area contributed by atoms with E-state index in [1.165, 1.54) is 16.7 Å². The van der Waals surface area contributed by atoms with Crippen molar-refractivity contribution in [1.82, 2.24) is 0 Å². The molecule has 0 N–H and O–H groups in total. The number of ether oxygens (including phenoxy) is 1. The second-order valence-electron chi connectivity index (χ2n) is 4.91. The molecule has 0 amide bonds. The van der Waals surface area contributed by atoms with E-state index >= 15 is 0 Å². The Hall–Kier alpha value is -1.25.